The quantitative estimate of drug-likeness (QED) is 0.878. The number of hydrogen-bond donors (Lipinski definition) is 1. The molecule has 4 nitrogen and oxygen atoms in total. The average Bonchev–Trinajstić information content (AvgIpc) is 3.05. The van der Waals surface area contributed by atoms with Gasteiger partial charge in [-0.05, 0) is 23.8 Å². The number of fused-ring (bicyclic) bond motifs is 1. The normalized spacial score (nSPS) is 12.5. The minimum atomic E-state index is -0.251. The molecule has 0 spiro atoms. The van der Waals surface area contributed by atoms with Crippen LogP contribution < -0.4 is 5.32 Å². The van der Waals surface area contributed by atoms with Gasteiger partial charge in [0.15, 0.2) is 0 Å². The van der Waals surface area contributed by atoms with Crippen LogP contribution in [0.1, 0.15) is 20.1 Å². The van der Waals surface area contributed by atoms with Crippen molar-refractivity contribution >= 4 is 40.4 Å². The molecule has 0 bridgehead atoms. The molecule has 2 heterocycles. The molecule has 1 amide bonds. The van der Waals surface area contributed by atoms with Crippen LogP contribution in [0.5, 0.6) is 0 Å². The van der Waals surface area contributed by atoms with Gasteiger partial charge in [0.2, 0.25) is 0 Å². The molecule has 1 aliphatic heterocycles. The highest BCUT2D eigenvalue weighted by Crippen LogP contribution is 2.33. The Labute approximate surface area is 124 Å². The number of para-hydroxylation sites is 1. The van der Waals surface area contributed by atoms with E-state index in [0.717, 1.165) is 16.9 Å². The van der Waals surface area contributed by atoms with Gasteiger partial charge >= 0.3 is 0 Å². The number of nitrogens with one attached hydrogen (secondary N) is 1. The highest BCUT2D eigenvalue weighted by Gasteiger charge is 2.19. The van der Waals surface area contributed by atoms with Gasteiger partial charge in [0.1, 0.15) is 16.8 Å². The maximum atomic E-state index is 12.0. The van der Waals surface area contributed by atoms with Crippen LogP contribution in [0.15, 0.2) is 35.3 Å². The van der Waals surface area contributed by atoms with Crippen LogP contribution in [0, 0.1) is 11.3 Å². The molecule has 0 saturated heterocycles. The molecule has 1 aromatic heterocycles. The number of rotatable bonds is 1. The lowest BCUT2D eigenvalue weighted by molar-refractivity contribution is 0.0980. The van der Waals surface area contributed by atoms with E-state index in [2.05, 4.69) is 10.3 Å². The molecule has 6 heteroatoms. The minimum Gasteiger partial charge on any atom is -0.309 e. The van der Waals surface area contributed by atoms with Gasteiger partial charge in [-0.3, -0.25) is 4.79 Å². The second-order valence-corrected chi connectivity index (χ2v) is 5.70. The molecular weight excluding hydrogens is 294 g/mol. The van der Waals surface area contributed by atoms with Gasteiger partial charge in [-0.25, -0.2) is 4.99 Å². The molecule has 0 fully saturated rings. The Morgan fingerprint density at radius 3 is 2.95 bits per heavy atom. The minimum absolute atomic E-state index is 0.251. The molecule has 0 unspecified atom stereocenters. The summed E-state index contributed by atoms with van der Waals surface area (Å²) in [6, 6.07) is 10.8. The number of nitrogens with zero attached hydrogens (tertiary/aromatic N) is 2. The summed E-state index contributed by atoms with van der Waals surface area (Å²) in [6.07, 6.45) is 0.554. The van der Waals surface area contributed by atoms with Gasteiger partial charge in [-0.1, -0.05) is 23.7 Å². The summed E-state index contributed by atoms with van der Waals surface area (Å²) in [5.74, 6) is 0.323. The molecule has 2 aromatic rings. The van der Waals surface area contributed by atoms with Crippen molar-refractivity contribution in [2.24, 2.45) is 4.99 Å². The van der Waals surface area contributed by atoms with Crippen LogP contribution in [0.2, 0.25) is 5.02 Å². The fourth-order valence-corrected chi connectivity index (χ4v) is 2.90. The summed E-state index contributed by atoms with van der Waals surface area (Å²) in [7, 11) is 0. The van der Waals surface area contributed by atoms with E-state index in [1.807, 2.05) is 18.2 Å². The Kier molecular flexibility index (Phi) is 3.26. The summed E-state index contributed by atoms with van der Waals surface area (Å²) < 4.78 is 0. The third-order valence-corrected chi connectivity index (χ3v) is 4.17. The number of hydrogen-bond acceptors (Lipinski definition) is 4. The fourth-order valence-electron chi connectivity index (χ4n) is 1.97. The van der Waals surface area contributed by atoms with E-state index in [0.29, 0.717) is 32.7 Å². The van der Waals surface area contributed by atoms with Crippen LogP contribution in [0.3, 0.4) is 0 Å². The van der Waals surface area contributed by atoms with Crippen LogP contribution in [0.4, 0.5) is 5.69 Å². The van der Waals surface area contributed by atoms with Crippen LogP contribution in [0.25, 0.3) is 0 Å². The van der Waals surface area contributed by atoms with Crippen molar-refractivity contribution in [3.63, 3.8) is 0 Å². The first-order chi connectivity index (χ1) is 9.67. The van der Waals surface area contributed by atoms with Gasteiger partial charge in [-0.15, -0.1) is 11.3 Å². The number of thiophene rings is 1. The zero-order valence-electron chi connectivity index (χ0n) is 10.2. The molecule has 1 N–H and O–H groups in total. The zero-order chi connectivity index (χ0) is 14.1. The molecule has 20 heavy (non-hydrogen) atoms. The number of aliphatic imine (C=N–C) groups is 1. The van der Waals surface area contributed by atoms with Gasteiger partial charge in [0, 0.05) is 6.42 Å². The predicted molar refractivity (Wildman–Crippen MR) is 78.8 cm³/mol. The van der Waals surface area contributed by atoms with Gasteiger partial charge in [-0.2, -0.15) is 5.26 Å². The number of benzene rings is 1. The molecular formula is C14H8ClN3OS. The first kappa shape index (κ1) is 12.9. The number of amides is 1. The second kappa shape index (κ2) is 5.08. The second-order valence-electron chi connectivity index (χ2n) is 4.21. The summed E-state index contributed by atoms with van der Waals surface area (Å²) in [5, 5.41) is 12.1. The topological polar surface area (TPSA) is 65.2 Å². The Morgan fingerprint density at radius 2 is 2.25 bits per heavy atom. The predicted octanol–water partition coefficient (Wildman–Crippen LogP) is 3.29. The lowest BCUT2D eigenvalue weighted by atomic mass is 10.1. The summed E-state index contributed by atoms with van der Waals surface area (Å²) >= 11 is 7.21. The molecule has 1 aliphatic rings. The lowest BCUT2D eigenvalue weighted by Crippen LogP contribution is -2.29. The standard InChI is InChI=1S/C14H8ClN3OS/c15-10-3-1-2-8-6-12(17-13(8)10)18-14(19)11-5-4-9(7-16)20-11/h1-5H,6H2,(H,17,18,19). The number of carbonyl (C=O) groups excluding carboxylic acids is 1. The fraction of sp³-hybridized carbons (Fsp3) is 0.0714. The first-order valence-corrected chi connectivity index (χ1v) is 7.03. The molecule has 1 aromatic carbocycles. The summed E-state index contributed by atoms with van der Waals surface area (Å²) in [5.41, 5.74) is 1.71. The van der Waals surface area contributed by atoms with Crippen molar-refractivity contribution in [1.29, 1.82) is 5.26 Å². The van der Waals surface area contributed by atoms with Gasteiger partial charge < -0.3 is 5.32 Å². The Bertz CT molecular complexity index is 773. The van der Waals surface area contributed by atoms with Gasteiger partial charge in [0.05, 0.1) is 15.6 Å². The SMILES string of the molecule is N#Cc1ccc(C(=O)NC2=Nc3c(Cl)cccc3C2)s1. The first-order valence-electron chi connectivity index (χ1n) is 5.83. The van der Waals surface area contributed by atoms with E-state index in [9.17, 15) is 4.79 Å². The van der Waals surface area contributed by atoms with E-state index in [-0.39, 0.29) is 5.91 Å². The maximum absolute atomic E-state index is 12.0. The van der Waals surface area contributed by atoms with Crippen LogP contribution >= 0.6 is 22.9 Å². The maximum Gasteiger partial charge on any atom is 0.266 e. The van der Waals surface area contributed by atoms with Crippen molar-refractivity contribution < 1.29 is 4.79 Å². The number of halogens is 1. The van der Waals surface area contributed by atoms with E-state index < -0.39 is 0 Å². The Balaban J connectivity index is 1.77. The molecule has 3 rings (SSSR count). The largest absolute Gasteiger partial charge is 0.309 e. The number of nitriles is 1. The summed E-state index contributed by atoms with van der Waals surface area (Å²) in [4.78, 5) is 17.4. The van der Waals surface area contributed by atoms with Crippen molar-refractivity contribution in [2.75, 3.05) is 0 Å². The summed E-state index contributed by atoms with van der Waals surface area (Å²) in [6.45, 7) is 0. The zero-order valence-corrected chi connectivity index (χ0v) is 11.8. The third kappa shape index (κ3) is 2.31. The Hall–Kier alpha value is -2.16. The van der Waals surface area contributed by atoms with Gasteiger partial charge in [0.25, 0.3) is 5.91 Å². The van der Waals surface area contributed by atoms with Crippen molar-refractivity contribution in [1.82, 2.24) is 5.32 Å². The van der Waals surface area contributed by atoms with Crippen molar-refractivity contribution in [2.45, 2.75) is 6.42 Å². The van der Waals surface area contributed by atoms with E-state index in [4.69, 9.17) is 16.9 Å². The number of amidine groups is 1. The van der Waals surface area contributed by atoms with Crippen molar-refractivity contribution in [3.8, 4) is 6.07 Å². The van der Waals surface area contributed by atoms with E-state index in [1.165, 1.54) is 0 Å². The van der Waals surface area contributed by atoms with Crippen LogP contribution in [-0.4, -0.2) is 11.7 Å². The smallest absolute Gasteiger partial charge is 0.266 e. The van der Waals surface area contributed by atoms with Crippen molar-refractivity contribution in [3.05, 3.63) is 50.7 Å². The highest BCUT2D eigenvalue weighted by atomic mass is 35.5. The Morgan fingerprint density at radius 1 is 1.40 bits per heavy atom. The molecule has 0 aliphatic carbocycles. The molecule has 98 valence electrons. The molecule has 0 radical (unpaired) electrons. The number of carbonyl (C=O) groups is 1. The molecule has 0 atom stereocenters. The van der Waals surface area contributed by atoms with Crippen LogP contribution in [-0.2, 0) is 6.42 Å². The average molecular weight is 302 g/mol. The lowest BCUT2D eigenvalue weighted by Gasteiger charge is -2.01. The third-order valence-electron chi connectivity index (χ3n) is 2.87. The monoisotopic (exact) mass is 301 g/mol. The van der Waals surface area contributed by atoms with E-state index in [1.54, 1.807) is 18.2 Å². The molecule has 0 saturated carbocycles. The van der Waals surface area contributed by atoms with E-state index >= 15 is 0 Å². The highest BCUT2D eigenvalue weighted by molar-refractivity contribution is 7.14.